The number of nitrogens with zero attached hydrogens (tertiary/aromatic N) is 2. The summed E-state index contributed by atoms with van der Waals surface area (Å²) in [7, 11) is 3.30. The molecule has 0 saturated heterocycles. The van der Waals surface area contributed by atoms with E-state index >= 15 is 0 Å². The Morgan fingerprint density at radius 3 is 2.43 bits per heavy atom. The molecule has 0 unspecified atom stereocenters. The van der Waals surface area contributed by atoms with Crippen molar-refractivity contribution in [3.05, 3.63) is 71.8 Å². The van der Waals surface area contributed by atoms with Crippen molar-refractivity contribution in [3.8, 4) is 11.5 Å². The molecule has 1 amide bonds. The summed E-state index contributed by atoms with van der Waals surface area (Å²) in [6, 6.07) is 19.7. The number of carbonyl (C=O) groups is 1. The van der Waals surface area contributed by atoms with Crippen molar-refractivity contribution >= 4 is 22.4 Å². The molecule has 3 aromatic carbocycles. The first-order valence-corrected chi connectivity index (χ1v) is 9.19. The molecule has 5 nitrogen and oxygen atoms in total. The largest absolute Gasteiger partial charge is 0.497 e. The summed E-state index contributed by atoms with van der Waals surface area (Å²) in [5, 5.41) is 8.41. The molecule has 142 valence electrons. The topological polar surface area (TPSA) is 51.1 Å². The summed E-state index contributed by atoms with van der Waals surface area (Å²) in [6.07, 6.45) is 0.621. The minimum atomic E-state index is -0.212. The quantitative estimate of drug-likeness (QED) is 0.673. The Morgan fingerprint density at radius 1 is 1.00 bits per heavy atom. The fraction of sp³-hybridized carbons (Fsp3) is 0.217. The lowest BCUT2D eigenvalue weighted by Gasteiger charge is -2.24. The van der Waals surface area contributed by atoms with Crippen molar-refractivity contribution in [2.45, 2.75) is 19.4 Å². The predicted molar refractivity (Wildman–Crippen MR) is 110 cm³/mol. The second-order valence-electron chi connectivity index (χ2n) is 6.76. The summed E-state index contributed by atoms with van der Waals surface area (Å²) < 4.78 is 10.9. The molecule has 3 aromatic rings. The maximum Gasteiger partial charge on any atom is 0.240 e. The van der Waals surface area contributed by atoms with Crippen LogP contribution in [0.25, 0.3) is 10.8 Å². The van der Waals surface area contributed by atoms with Crippen molar-refractivity contribution in [2.24, 2.45) is 5.10 Å². The van der Waals surface area contributed by atoms with Gasteiger partial charge in [-0.25, -0.2) is 5.01 Å². The van der Waals surface area contributed by atoms with Crippen LogP contribution in [-0.2, 0) is 4.79 Å². The maximum absolute atomic E-state index is 12.4. The molecule has 5 heteroatoms. The Balaban J connectivity index is 1.80. The van der Waals surface area contributed by atoms with E-state index in [1.807, 2.05) is 48.5 Å². The van der Waals surface area contributed by atoms with Crippen LogP contribution in [0.4, 0.5) is 0 Å². The van der Waals surface area contributed by atoms with Crippen molar-refractivity contribution < 1.29 is 14.3 Å². The maximum atomic E-state index is 12.4. The highest BCUT2D eigenvalue weighted by Gasteiger charge is 2.34. The second-order valence-corrected chi connectivity index (χ2v) is 6.76. The molecule has 0 radical (unpaired) electrons. The Kier molecular flexibility index (Phi) is 4.74. The standard InChI is InChI=1S/C23H22N2O3/c1-15(26)25-21(14-20(24-25)17-8-11-18(27-2)12-9-17)23-19-7-5-4-6-16(19)10-13-22(23)28-3/h4-13,21H,14H2,1-3H3/t21-/m0/s1. The lowest BCUT2D eigenvalue weighted by atomic mass is 9.93. The van der Waals surface area contributed by atoms with Gasteiger partial charge in [-0.2, -0.15) is 5.10 Å². The molecule has 0 bridgehead atoms. The summed E-state index contributed by atoms with van der Waals surface area (Å²) in [6.45, 7) is 1.55. The summed E-state index contributed by atoms with van der Waals surface area (Å²) in [5.74, 6) is 1.46. The van der Waals surface area contributed by atoms with E-state index in [9.17, 15) is 4.79 Å². The summed E-state index contributed by atoms with van der Waals surface area (Å²) >= 11 is 0. The monoisotopic (exact) mass is 374 g/mol. The van der Waals surface area contributed by atoms with E-state index in [4.69, 9.17) is 9.47 Å². The number of amides is 1. The summed E-state index contributed by atoms with van der Waals surface area (Å²) in [4.78, 5) is 12.4. The predicted octanol–water partition coefficient (Wildman–Crippen LogP) is 4.55. The van der Waals surface area contributed by atoms with Gasteiger partial charge in [0.1, 0.15) is 11.5 Å². The van der Waals surface area contributed by atoms with Gasteiger partial charge >= 0.3 is 0 Å². The number of carbonyl (C=O) groups excluding carboxylic acids is 1. The van der Waals surface area contributed by atoms with E-state index < -0.39 is 0 Å². The average molecular weight is 374 g/mol. The Bertz CT molecular complexity index is 1060. The minimum absolute atomic E-state index is 0.0940. The van der Waals surface area contributed by atoms with Gasteiger partial charge < -0.3 is 9.47 Å². The number of benzene rings is 3. The van der Waals surface area contributed by atoms with Crippen molar-refractivity contribution in [1.29, 1.82) is 0 Å². The third-order valence-electron chi connectivity index (χ3n) is 5.14. The smallest absolute Gasteiger partial charge is 0.240 e. The van der Waals surface area contributed by atoms with Gasteiger partial charge in [-0.3, -0.25) is 4.79 Å². The molecule has 0 aromatic heterocycles. The first-order chi connectivity index (χ1) is 13.6. The first-order valence-electron chi connectivity index (χ1n) is 9.19. The van der Waals surface area contributed by atoms with Gasteiger partial charge in [0.15, 0.2) is 0 Å². The zero-order valence-corrected chi connectivity index (χ0v) is 16.2. The van der Waals surface area contributed by atoms with E-state index in [2.05, 4.69) is 17.2 Å². The first kappa shape index (κ1) is 18.0. The highest BCUT2D eigenvalue weighted by Crippen LogP contribution is 2.41. The van der Waals surface area contributed by atoms with Gasteiger partial charge in [-0.15, -0.1) is 0 Å². The van der Waals surface area contributed by atoms with Crippen molar-refractivity contribution in [1.82, 2.24) is 5.01 Å². The van der Waals surface area contributed by atoms with E-state index in [-0.39, 0.29) is 11.9 Å². The Morgan fingerprint density at radius 2 is 1.75 bits per heavy atom. The van der Waals surface area contributed by atoms with Crippen LogP contribution in [0, 0.1) is 0 Å². The third kappa shape index (κ3) is 3.09. The lowest BCUT2D eigenvalue weighted by molar-refractivity contribution is -0.130. The number of fused-ring (bicyclic) bond motifs is 1. The van der Waals surface area contributed by atoms with Crippen molar-refractivity contribution in [3.63, 3.8) is 0 Å². The fourth-order valence-corrected chi connectivity index (χ4v) is 3.78. The van der Waals surface area contributed by atoms with Crippen LogP contribution >= 0.6 is 0 Å². The molecule has 0 aliphatic carbocycles. The molecule has 0 spiro atoms. The number of hydrazone groups is 1. The molecular formula is C23H22N2O3. The van der Waals surface area contributed by atoms with Crippen LogP contribution in [0.1, 0.15) is 30.5 Å². The van der Waals surface area contributed by atoms with Gasteiger partial charge in [0.2, 0.25) is 5.91 Å². The van der Waals surface area contributed by atoms with E-state index in [0.29, 0.717) is 6.42 Å². The van der Waals surface area contributed by atoms with Crippen LogP contribution in [0.15, 0.2) is 65.8 Å². The zero-order valence-electron chi connectivity index (χ0n) is 16.2. The third-order valence-corrected chi connectivity index (χ3v) is 5.14. The van der Waals surface area contributed by atoms with Crippen LogP contribution in [0.5, 0.6) is 11.5 Å². The molecular weight excluding hydrogens is 352 g/mol. The molecule has 1 heterocycles. The highest BCUT2D eigenvalue weighted by molar-refractivity contribution is 6.04. The number of rotatable bonds is 4. The second kappa shape index (κ2) is 7.35. The molecule has 0 saturated carbocycles. The summed E-state index contributed by atoms with van der Waals surface area (Å²) in [5.41, 5.74) is 2.84. The van der Waals surface area contributed by atoms with E-state index in [0.717, 1.165) is 39.1 Å². The number of hydrogen-bond donors (Lipinski definition) is 0. The molecule has 1 aliphatic heterocycles. The molecule has 0 N–H and O–H groups in total. The van der Waals surface area contributed by atoms with Crippen molar-refractivity contribution in [2.75, 3.05) is 14.2 Å². The van der Waals surface area contributed by atoms with Crippen LogP contribution in [-0.4, -0.2) is 30.8 Å². The van der Waals surface area contributed by atoms with E-state index in [1.54, 1.807) is 26.2 Å². The van der Waals surface area contributed by atoms with E-state index in [1.165, 1.54) is 0 Å². The SMILES string of the molecule is COc1ccc(C2=NN(C(C)=O)[C@H](c3c(OC)ccc4ccccc34)C2)cc1. The van der Waals surface area contributed by atoms with Gasteiger partial charge in [0, 0.05) is 18.9 Å². The van der Waals surface area contributed by atoms with Gasteiger partial charge in [0.25, 0.3) is 0 Å². The Labute approximate surface area is 164 Å². The van der Waals surface area contributed by atoms with Gasteiger partial charge in [-0.05, 0) is 46.7 Å². The molecule has 28 heavy (non-hydrogen) atoms. The van der Waals surface area contributed by atoms with Gasteiger partial charge in [0.05, 0.1) is 26.0 Å². The average Bonchev–Trinajstić information content (AvgIpc) is 3.18. The van der Waals surface area contributed by atoms with Crippen LogP contribution in [0.2, 0.25) is 0 Å². The zero-order chi connectivity index (χ0) is 19.7. The normalized spacial score (nSPS) is 16.2. The highest BCUT2D eigenvalue weighted by atomic mass is 16.5. The molecule has 1 aliphatic rings. The molecule has 4 rings (SSSR count). The number of ether oxygens (including phenoxy) is 2. The number of methoxy groups -OCH3 is 2. The van der Waals surface area contributed by atoms with Crippen LogP contribution < -0.4 is 9.47 Å². The lowest BCUT2D eigenvalue weighted by Crippen LogP contribution is -2.25. The molecule has 0 fully saturated rings. The van der Waals surface area contributed by atoms with Crippen LogP contribution in [0.3, 0.4) is 0 Å². The molecule has 1 atom stereocenters. The number of hydrogen-bond acceptors (Lipinski definition) is 4. The fourth-order valence-electron chi connectivity index (χ4n) is 3.78. The minimum Gasteiger partial charge on any atom is -0.497 e. The van der Waals surface area contributed by atoms with Gasteiger partial charge in [-0.1, -0.05) is 30.3 Å². The Hall–Kier alpha value is -3.34.